The van der Waals surface area contributed by atoms with Crippen LogP contribution in [0.15, 0.2) is 97.1 Å². The Labute approximate surface area is 297 Å². The lowest BCUT2D eigenvalue weighted by atomic mass is 10.1. The summed E-state index contributed by atoms with van der Waals surface area (Å²) in [6.45, 7) is 5.33. The normalized spacial score (nSPS) is 13.5. The van der Waals surface area contributed by atoms with E-state index in [0.29, 0.717) is 71.9 Å². The fourth-order valence-corrected chi connectivity index (χ4v) is 5.49. The molecular weight excluding hydrogens is 667 g/mol. The summed E-state index contributed by atoms with van der Waals surface area (Å²) in [6.07, 6.45) is -1.39. The lowest BCUT2D eigenvalue weighted by molar-refractivity contribution is -0.130. The van der Waals surface area contributed by atoms with Crippen molar-refractivity contribution in [1.82, 2.24) is 10.6 Å². The van der Waals surface area contributed by atoms with Gasteiger partial charge in [-0.1, -0.05) is 71.7 Å². The molecule has 9 nitrogen and oxygen atoms in total. The number of rotatable bonds is 18. The molecule has 0 aliphatic heterocycles. The Morgan fingerprint density at radius 3 is 1.37 bits per heavy atom. The standard InChI is InChI=1S/C38H42Cl2N2O7/c1-25(41-37(45)35(43)29-5-3-7-31(39)23-29)21-27-9-13-33(14-10-27)48-19-17-47-18-20-49-34-15-11-28(12-16-34)22-26(2)42-38(46)36(44)30-6-4-8-32(40)24-30/h3-16,23-26,35-36,43-44H,17-22H2,1-2H3,(H,41,45)(H,42,46)/t25?,26?,35-,36?/m1/s1. The van der Waals surface area contributed by atoms with Crippen molar-refractivity contribution < 1.29 is 34.0 Å². The lowest BCUT2D eigenvalue weighted by Gasteiger charge is -2.18. The average molecular weight is 710 g/mol. The maximum atomic E-state index is 12.5. The van der Waals surface area contributed by atoms with Gasteiger partial charge in [0.2, 0.25) is 0 Å². The highest BCUT2D eigenvalue weighted by atomic mass is 35.5. The Balaban J connectivity index is 1.06. The fraction of sp³-hybridized carbons (Fsp3) is 0.316. The Morgan fingerprint density at radius 1 is 0.612 bits per heavy atom. The van der Waals surface area contributed by atoms with Gasteiger partial charge in [-0.3, -0.25) is 9.59 Å². The van der Waals surface area contributed by atoms with Crippen LogP contribution >= 0.6 is 23.2 Å². The van der Waals surface area contributed by atoms with Gasteiger partial charge >= 0.3 is 0 Å². The van der Waals surface area contributed by atoms with E-state index in [0.717, 1.165) is 11.1 Å². The number of nitrogens with one attached hydrogen (secondary N) is 2. The molecule has 3 unspecified atom stereocenters. The monoisotopic (exact) mass is 708 g/mol. The Morgan fingerprint density at radius 2 is 1.00 bits per heavy atom. The van der Waals surface area contributed by atoms with Crippen molar-refractivity contribution in [2.75, 3.05) is 26.4 Å². The zero-order valence-electron chi connectivity index (χ0n) is 27.5. The fourth-order valence-electron chi connectivity index (χ4n) is 5.09. The molecule has 0 bridgehead atoms. The molecule has 0 radical (unpaired) electrons. The number of aliphatic hydroxyl groups excluding tert-OH is 2. The number of amides is 2. The zero-order chi connectivity index (χ0) is 35.2. The van der Waals surface area contributed by atoms with Gasteiger partial charge in [0.05, 0.1) is 13.2 Å². The molecule has 49 heavy (non-hydrogen) atoms. The van der Waals surface area contributed by atoms with Gasteiger partial charge < -0.3 is 35.1 Å². The minimum absolute atomic E-state index is 0.188. The third-order valence-corrected chi connectivity index (χ3v) is 8.00. The van der Waals surface area contributed by atoms with E-state index in [2.05, 4.69) is 10.6 Å². The molecule has 4 atom stereocenters. The first-order valence-electron chi connectivity index (χ1n) is 16.1. The van der Waals surface area contributed by atoms with Gasteiger partial charge in [0.15, 0.2) is 12.2 Å². The van der Waals surface area contributed by atoms with Crippen molar-refractivity contribution in [3.8, 4) is 11.5 Å². The van der Waals surface area contributed by atoms with Crippen molar-refractivity contribution in [3.63, 3.8) is 0 Å². The van der Waals surface area contributed by atoms with Crippen LogP contribution in [0.25, 0.3) is 0 Å². The maximum absolute atomic E-state index is 12.5. The Hall–Kier alpha value is -4.12. The average Bonchev–Trinajstić information content (AvgIpc) is 3.08. The van der Waals surface area contributed by atoms with Crippen molar-refractivity contribution >= 4 is 35.0 Å². The Bertz CT molecular complexity index is 1520. The topological polar surface area (TPSA) is 126 Å². The van der Waals surface area contributed by atoms with E-state index in [4.69, 9.17) is 37.4 Å². The molecule has 0 fully saturated rings. The van der Waals surface area contributed by atoms with Crippen molar-refractivity contribution in [2.45, 2.75) is 51.0 Å². The first kappa shape index (κ1) is 37.7. The van der Waals surface area contributed by atoms with Crippen LogP contribution in [-0.4, -0.2) is 60.5 Å². The van der Waals surface area contributed by atoms with Gasteiger partial charge in [-0.2, -0.15) is 0 Å². The van der Waals surface area contributed by atoms with E-state index < -0.39 is 24.0 Å². The summed E-state index contributed by atoms with van der Waals surface area (Å²) in [7, 11) is 0. The van der Waals surface area contributed by atoms with E-state index in [1.807, 2.05) is 62.4 Å². The summed E-state index contributed by atoms with van der Waals surface area (Å²) >= 11 is 11.9. The molecule has 4 N–H and O–H groups in total. The highest BCUT2D eigenvalue weighted by molar-refractivity contribution is 6.31. The van der Waals surface area contributed by atoms with E-state index >= 15 is 0 Å². The number of halogens is 2. The molecule has 4 rings (SSSR count). The molecular formula is C38H42Cl2N2O7. The third kappa shape index (κ3) is 12.7. The predicted octanol–water partition coefficient (Wildman–Crippen LogP) is 6.03. The van der Waals surface area contributed by atoms with Crippen LogP contribution in [0.1, 0.15) is 48.3 Å². The van der Waals surface area contributed by atoms with Gasteiger partial charge in [-0.15, -0.1) is 0 Å². The van der Waals surface area contributed by atoms with Crippen molar-refractivity contribution in [1.29, 1.82) is 0 Å². The van der Waals surface area contributed by atoms with E-state index in [-0.39, 0.29) is 12.1 Å². The maximum Gasteiger partial charge on any atom is 0.253 e. The number of aliphatic hydroxyl groups is 2. The molecule has 0 saturated carbocycles. The summed E-state index contributed by atoms with van der Waals surface area (Å²) in [6, 6.07) is 28.1. The smallest absolute Gasteiger partial charge is 0.253 e. The van der Waals surface area contributed by atoms with Crippen molar-refractivity contribution in [3.05, 3.63) is 129 Å². The number of hydrogen-bond acceptors (Lipinski definition) is 7. The van der Waals surface area contributed by atoms with Crippen LogP contribution in [0, 0.1) is 0 Å². The SMILES string of the molecule is CC(Cc1ccc(OCCOCCOc2ccc(CC(C)NC(=O)[C@H](O)c3cccc(Cl)c3)cc2)cc1)NC(=O)C(O)c1cccc(Cl)c1. The van der Waals surface area contributed by atoms with Gasteiger partial charge in [-0.25, -0.2) is 0 Å². The quantitative estimate of drug-likeness (QED) is 0.0931. The molecule has 0 aliphatic carbocycles. The molecule has 0 aliphatic rings. The summed E-state index contributed by atoms with van der Waals surface area (Å²) in [4.78, 5) is 24.9. The van der Waals surface area contributed by atoms with Crippen LogP contribution in [-0.2, 0) is 27.2 Å². The molecule has 4 aromatic rings. The summed E-state index contributed by atoms with van der Waals surface area (Å²) in [5, 5.41) is 27.3. The van der Waals surface area contributed by atoms with Crippen molar-refractivity contribution in [2.24, 2.45) is 0 Å². The van der Waals surface area contributed by atoms with Gasteiger partial charge in [0, 0.05) is 22.1 Å². The summed E-state index contributed by atoms with van der Waals surface area (Å²) < 4.78 is 17.2. The molecule has 4 aromatic carbocycles. The van der Waals surface area contributed by atoms with Crippen LogP contribution in [0.5, 0.6) is 11.5 Å². The minimum atomic E-state index is -1.29. The summed E-state index contributed by atoms with van der Waals surface area (Å²) in [5.74, 6) is 0.471. The second kappa shape index (κ2) is 19.2. The number of carbonyl (C=O) groups is 2. The van der Waals surface area contributed by atoms with Gasteiger partial charge in [0.1, 0.15) is 24.7 Å². The molecule has 0 saturated heterocycles. The van der Waals surface area contributed by atoms with E-state index in [9.17, 15) is 19.8 Å². The number of benzene rings is 4. The zero-order valence-corrected chi connectivity index (χ0v) is 29.0. The predicted molar refractivity (Wildman–Crippen MR) is 190 cm³/mol. The first-order chi connectivity index (χ1) is 23.6. The molecule has 260 valence electrons. The van der Waals surface area contributed by atoms with Crippen LogP contribution in [0.3, 0.4) is 0 Å². The lowest BCUT2D eigenvalue weighted by Crippen LogP contribution is -2.37. The number of ether oxygens (including phenoxy) is 3. The van der Waals surface area contributed by atoms with E-state index in [1.54, 1.807) is 48.5 Å². The number of carbonyl (C=O) groups excluding carboxylic acids is 2. The van der Waals surface area contributed by atoms with Crippen LogP contribution < -0.4 is 20.1 Å². The van der Waals surface area contributed by atoms with Crippen LogP contribution in [0.4, 0.5) is 0 Å². The number of hydrogen-bond donors (Lipinski definition) is 4. The van der Waals surface area contributed by atoms with Crippen LogP contribution in [0.2, 0.25) is 10.0 Å². The largest absolute Gasteiger partial charge is 0.491 e. The second-order valence-electron chi connectivity index (χ2n) is 11.7. The van der Waals surface area contributed by atoms with E-state index in [1.165, 1.54) is 0 Å². The second-order valence-corrected chi connectivity index (χ2v) is 12.6. The molecule has 11 heteroatoms. The summed E-state index contributed by atoms with van der Waals surface area (Å²) in [5.41, 5.74) is 2.93. The minimum Gasteiger partial charge on any atom is -0.491 e. The molecule has 2 amide bonds. The molecule has 0 heterocycles. The Kier molecular flexibility index (Phi) is 14.7. The van der Waals surface area contributed by atoms with Gasteiger partial charge in [0.25, 0.3) is 11.8 Å². The molecule has 0 spiro atoms. The third-order valence-electron chi connectivity index (χ3n) is 7.53. The first-order valence-corrected chi connectivity index (χ1v) is 16.8. The van der Waals surface area contributed by atoms with Gasteiger partial charge in [-0.05, 0) is 97.5 Å². The molecule has 0 aromatic heterocycles. The highest BCUT2D eigenvalue weighted by Crippen LogP contribution is 2.20. The highest BCUT2D eigenvalue weighted by Gasteiger charge is 2.20.